The van der Waals surface area contributed by atoms with Gasteiger partial charge in [0, 0.05) is 58.8 Å². The minimum absolute atomic E-state index is 0.0462. The molecule has 1 aliphatic carbocycles. The third kappa shape index (κ3) is 7.25. The normalized spacial score (nSPS) is 21.0. The van der Waals surface area contributed by atoms with Crippen molar-refractivity contribution >= 4 is 21.8 Å². The summed E-state index contributed by atoms with van der Waals surface area (Å²) in [5.41, 5.74) is 1.23. The van der Waals surface area contributed by atoms with Crippen LogP contribution >= 0.6 is 0 Å². The molecule has 214 valence electrons. The van der Waals surface area contributed by atoms with Gasteiger partial charge in [0.15, 0.2) is 0 Å². The van der Waals surface area contributed by atoms with Crippen LogP contribution in [0.4, 0.5) is 0 Å². The van der Waals surface area contributed by atoms with E-state index in [9.17, 15) is 18.0 Å². The van der Waals surface area contributed by atoms with Gasteiger partial charge >= 0.3 is 0 Å². The number of hydrogen-bond acceptors (Lipinski definition) is 7. The fourth-order valence-electron chi connectivity index (χ4n) is 5.36. The molecule has 2 amide bonds. The Morgan fingerprint density at radius 1 is 1.00 bits per heavy atom. The molecule has 0 aromatic heterocycles. The number of likely N-dealkylation sites (N-methyl/N-ethyl adjacent to an activating group) is 3. The monoisotopic (exact) mass is 552 g/mol. The first-order valence-corrected chi connectivity index (χ1v) is 14.8. The molecule has 38 heavy (non-hydrogen) atoms. The number of sulfonamides is 1. The van der Waals surface area contributed by atoms with Gasteiger partial charge in [-0.05, 0) is 69.8 Å². The van der Waals surface area contributed by atoms with E-state index in [0.717, 1.165) is 51.9 Å². The lowest BCUT2D eigenvalue weighted by Crippen LogP contribution is -2.50. The van der Waals surface area contributed by atoms with E-state index in [1.165, 1.54) is 11.4 Å². The predicted octanol–water partition coefficient (Wildman–Crippen LogP) is 1.74. The zero-order chi connectivity index (χ0) is 28.0. The summed E-state index contributed by atoms with van der Waals surface area (Å²) in [7, 11) is 3.21. The highest BCUT2D eigenvalue weighted by molar-refractivity contribution is 7.89. The zero-order valence-electron chi connectivity index (χ0n) is 23.7. The van der Waals surface area contributed by atoms with E-state index in [1.807, 2.05) is 4.90 Å². The van der Waals surface area contributed by atoms with Crippen LogP contribution in [0.15, 0.2) is 17.0 Å². The number of ether oxygens (including phenoxy) is 2. The first-order chi connectivity index (χ1) is 17.9. The number of benzene rings is 1. The van der Waals surface area contributed by atoms with Gasteiger partial charge < -0.3 is 24.2 Å². The van der Waals surface area contributed by atoms with Gasteiger partial charge in [-0.1, -0.05) is 0 Å². The summed E-state index contributed by atoms with van der Waals surface area (Å²) in [6.07, 6.45) is 3.18. The summed E-state index contributed by atoms with van der Waals surface area (Å²) < 4.78 is 38.3. The molecule has 0 unspecified atom stereocenters. The van der Waals surface area contributed by atoms with E-state index in [0.29, 0.717) is 16.9 Å². The average molecular weight is 553 g/mol. The van der Waals surface area contributed by atoms with Crippen molar-refractivity contribution in [3.05, 3.63) is 23.3 Å². The van der Waals surface area contributed by atoms with Crippen LogP contribution in [0.5, 0.6) is 5.75 Å². The molecule has 1 saturated heterocycles. The minimum atomic E-state index is -3.71. The number of carbonyl (C=O) groups excluding carboxylic acids is 2. The summed E-state index contributed by atoms with van der Waals surface area (Å²) in [5, 5.41) is 0. The molecule has 10 nitrogen and oxygen atoms in total. The quantitative estimate of drug-likeness (QED) is 0.408. The molecule has 2 aliphatic rings. The maximum Gasteiger partial charge on any atom is 0.248 e. The second-order valence-corrected chi connectivity index (χ2v) is 12.6. The first-order valence-electron chi connectivity index (χ1n) is 13.4. The van der Waals surface area contributed by atoms with Crippen LogP contribution in [0.2, 0.25) is 0 Å². The maximum absolute atomic E-state index is 13.1. The summed E-state index contributed by atoms with van der Waals surface area (Å²) in [6, 6.07) is 3.50. The highest BCUT2D eigenvalue weighted by Crippen LogP contribution is 2.29. The second-order valence-electron chi connectivity index (χ2n) is 10.6. The summed E-state index contributed by atoms with van der Waals surface area (Å²) in [6.45, 7) is 7.04. The topological polar surface area (TPSA) is 99.7 Å². The standard InChI is InChI=1S/C27H44N4O6S/c1-20-17-24(36-6)18-21(2)26(20)38(34,35)29(4)15-16-37-19-25(32)30(5)23-9-7-22(8-10-23)27(33)31-13-11-28(3)12-14-31/h17-18,22-23H,7-16,19H2,1-6H3. The number of rotatable bonds is 10. The zero-order valence-corrected chi connectivity index (χ0v) is 24.6. The number of piperazine rings is 1. The Morgan fingerprint density at radius 2 is 1.58 bits per heavy atom. The van der Waals surface area contributed by atoms with Crippen molar-refractivity contribution in [1.29, 1.82) is 0 Å². The van der Waals surface area contributed by atoms with Crippen molar-refractivity contribution in [2.24, 2.45) is 5.92 Å². The molecule has 1 saturated carbocycles. The fourth-order valence-corrected chi connectivity index (χ4v) is 6.92. The molecular formula is C27H44N4O6S. The van der Waals surface area contributed by atoms with Gasteiger partial charge in [-0.2, -0.15) is 4.31 Å². The van der Waals surface area contributed by atoms with Crippen molar-refractivity contribution < 1.29 is 27.5 Å². The third-order valence-electron chi connectivity index (χ3n) is 7.92. The largest absolute Gasteiger partial charge is 0.497 e. The molecule has 0 atom stereocenters. The maximum atomic E-state index is 13.1. The molecule has 0 radical (unpaired) electrons. The van der Waals surface area contributed by atoms with Crippen LogP contribution in [-0.4, -0.2) is 119 Å². The van der Waals surface area contributed by atoms with Crippen LogP contribution < -0.4 is 4.74 Å². The highest BCUT2D eigenvalue weighted by Gasteiger charge is 2.33. The number of nitrogens with zero attached hydrogens (tertiary/aromatic N) is 4. The molecular weight excluding hydrogens is 508 g/mol. The van der Waals surface area contributed by atoms with E-state index in [2.05, 4.69) is 11.9 Å². The Morgan fingerprint density at radius 3 is 2.13 bits per heavy atom. The van der Waals surface area contributed by atoms with Gasteiger partial charge in [0.25, 0.3) is 0 Å². The Bertz CT molecular complexity index is 1060. The van der Waals surface area contributed by atoms with Gasteiger partial charge in [-0.3, -0.25) is 9.59 Å². The molecule has 0 spiro atoms. The first kappa shape index (κ1) is 30.3. The lowest BCUT2D eigenvalue weighted by atomic mass is 9.84. The van der Waals surface area contributed by atoms with Gasteiger partial charge in [-0.15, -0.1) is 0 Å². The van der Waals surface area contributed by atoms with Gasteiger partial charge in [0.05, 0.1) is 18.6 Å². The number of hydrogen-bond donors (Lipinski definition) is 0. The number of methoxy groups -OCH3 is 1. The Kier molecular flexibility index (Phi) is 10.6. The van der Waals surface area contributed by atoms with Crippen molar-refractivity contribution in [1.82, 2.24) is 19.0 Å². The predicted molar refractivity (Wildman–Crippen MR) is 146 cm³/mol. The summed E-state index contributed by atoms with van der Waals surface area (Å²) in [4.78, 5) is 31.8. The third-order valence-corrected chi connectivity index (χ3v) is 10.1. The van der Waals surface area contributed by atoms with E-state index >= 15 is 0 Å². The van der Waals surface area contributed by atoms with E-state index in [1.54, 1.807) is 45.0 Å². The average Bonchev–Trinajstić information content (AvgIpc) is 2.89. The Labute approximate surface area is 227 Å². The Hall–Kier alpha value is -2.21. The number of carbonyl (C=O) groups is 2. The number of amides is 2. The van der Waals surface area contributed by atoms with Crippen molar-refractivity contribution in [3.8, 4) is 5.75 Å². The van der Waals surface area contributed by atoms with Crippen LogP contribution in [-0.2, 0) is 24.3 Å². The molecule has 0 bridgehead atoms. The molecule has 3 rings (SSSR count). The van der Waals surface area contributed by atoms with Crippen LogP contribution in [0.3, 0.4) is 0 Å². The molecule has 1 aromatic carbocycles. The molecule has 0 N–H and O–H groups in total. The van der Waals surface area contributed by atoms with Gasteiger partial charge in [0.2, 0.25) is 21.8 Å². The van der Waals surface area contributed by atoms with Crippen LogP contribution in [0, 0.1) is 19.8 Å². The number of aryl methyl sites for hydroxylation is 2. The van der Waals surface area contributed by atoms with E-state index in [4.69, 9.17) is 9.47 Å². The molecule has 11 heteroatoms. The minimum Gasteiger partial charge on any atom is -0.497 e. The van der Waals surface area contributed by atoms with Crippen molar-refractivity contribution in [2.75, 3.05) is 74.2 Å². The lowest BCUT2D eigenvalue weighted by molar-refractivity contribution is -0.140. The van der Waals surface area contributed by atoms with Crippen molar-refractivity contribution in [3.63, 3.8) is 0 Å². The van der Waals surface area contributed by atoms with Gasteiger partial charge in [-0.25, -0.2) is 8.42 Å². The summed E-state index contributed by atoms with van der Waals surface area (Å²) >= 11 is 0. The van der Waals surface area contributed by atoms with Crippen molar-refractivity contribution in [2.45, 2.75) is 50.5 Å². The lowest BCUT2D eigenvalue weighted by Gasteiger charge is -2.38. The smallest absolute Gasteiger partial charge is 0.248 e. The molecule has 2 fully saturated rings. The SMILES string of the molecule is COc1cc(C)c(S(=O)(=O)N(C)CCOCC(=O)N(C)C2CCC(C(=O)N3CCN(C)CC3)CC2)c(C)c1. The fraction of sp³-hybridized carbons (Fsp3) is 0.704. The molecule has 1 aromatic rings. The Balaban J connectivity index is 1.41. The van der Waals surface area contributed by atoms with Crippen LogP contribution in [0.1, 0.15) is 36.8 Å². The van der Waals surface area contributed by atoms with Gasteiger partial charge in [0.1, 0.15) is 12.4 Å². The highest BCUT2D eigenvalue weighted by atomic mass is 32.2. The van der Waals surface area contributed by atoms with E-state index < -0.39 is 10.0 Å². The van der Waals surface area contributed by atoms with E-state index in [-0.39, 0.29) is 48.4 Å². The molecule has 1 heterocycles. The molecule has 1 aliphatic heterocycles. The summed E-state index contributed by atoms with van der Waals surface area (Å²) in [5.74, 6) is 0.784. The van der Waals surface area contributed by atoms with Crippen LogP contribution in [0.25, 0.3) is 0 Å². The second kappa shape index (κ2) is 13.2.